The van der Waals surface area contributed by atoms with Gasteiger partial charge in [-0.1, -0.05) is 46.7 Å². The molecule has 7 nitrogen and oxygen atoms in total. The number of halogens is 1. The highest BCUT2D eigenvalue weighted by molar-refractivity contribution is 7.99. The smallest absolute Gasteiger partial charge is 0.236 e. The van der Waals surface area contributed by atoms with Gasteiger partial charge in [0.2, 0.25) is 5.91 Å². The standard InChI is InChI=1S/C17H16ClN5O2S/c1-11-6-15(23-25-11)22-16(24)9-26-17-7-14(20-10-21-17)19-8-12-4-2-3-5-13(12)18/h2-7,10H,8-9H2,1H3,(H,19,20,21)(H,22,23,24). The second-order valence-corrected chi connectivity index (χ2v) is 6.75. The number of hydrogen-bond acceptors (Lipinski definition) is 7. The molecule has 0 aliphatic carbocycles. The Balaban J connectivity index is 1.52. The van der Waals surface area contributed by atoms with Crippen LogP contribution in [0.4, 0.5) is 11.6 Å². The van der Waals surface area contributed by atoms with Gasteiger partial charge in [-0.15, -0.1) is 0 Å². The normalized spacial score (nSPS) is 10.5. The maximum absolute atomic E-state index is 11.9. The van der Waals surface area contributed by atoms with Gasteiger partial charge in [-0.25, -0.2) is 9.97 Å². The summed E-state index contributed by atoms with van der Waals surface area (Å²) in [7, 11) is 0. The molecular weight excluding hydrogens is 374 g/mol. The van der Waals surface area contributed by atoms with E-state index in [2.05, 4.69) is 25.8 Å². The Hall–Kier alpha value is -2.58. The fourth-order valence-electron chi connectivity index (χ4n) is 2.09. The molecule has 0 saturated heterocycles. The summed E-state index contributed by atoms with van der Waals surface area (Å²) in [5.41, 5.74) is 0.976. The van der Waals surface area contributed by atoms with Crippen molar-refractivity contribution in [3.05, 3.63) is 59.1 Å². The highest BCUT2D eigenvalue weighted by atomic mass is 35.5. The summed E-state index contributed by atoms with van der Waals surface area (Å²) in [6.07, 6.45) is 1.45. The van der Waals surface area contributed by atoms with E-state index in [4.69, 9.17) is 16.1 Å². The Labute approximate surface area is 159 Å². The summed E-state index contributed by atoms with van der Waals surface area (Å²) in [5, 5.41) is 11.0. The molecule has 3 rings (SSSR count). The Kier molecular flexibility index (Phi) is 6.08. The van der Waals surface area contributed by atoms with E-state index in [0.717, 1.165) is 5.56 Å². The number of benzene rings is 1. The van der Waals surface area contributed by atoms with E-state index in [1.54, 1.807) is 19.1 Å². The molecule has 9 heteroatoms. The van der Waals surface area contributed by atoms with Crippen LogP contribution in [0.2, 0.25) is 5.02 Å². The Morgan fingerprint density at radius 3 is 2.85 bits per heavy atom. The molecule has 0 aliphatic rings. The van der Waals surface area contributed by atoms with E-state index in [1.807, 2.05) is 24.3 Å². The molecule has 1 aromatic carbocycles. The van der Waals surface area contributed by atoms with Gasteiger partial charge in [0, 0.05) is 23.7 Å². The van der Waals surface area contributed by atoms with Crippen LogP contribution in [0.15, 0.2) is 52.3 Å². The van der Waals surface area contributed by atoms with Crippen molar-refractivity contribution in [3.63, 3.8) is 0 Å². The lowest BCUT2D eigenvalue weighted by molar-refractivity contribution is -0.113. The Morgan fingerprint density at radius 2 is 2.08 bits per heavy atom. The number of nitrogens with zero attached hydrogens (tertiary/aromatic N) is 3. The van der Waals surface area contributed by atoms with Crippen molar-refractivity contribution >= 4 is 40.9 Å². The summed E-state index contributed by atoms with van der Waals surface area (Å²) in [5.74, 6) is 1.71. The minimum atomic E-state index is -0.188. The van der Waals surface area contributed by atoms with Gasteiger partial charge in [0.25, 0.3) is 0 Å². The van der Waals surface area contributed by atoms with Crippen LogP contribution in [0.3, 0.4) is 0 Å². The molecule has 0 fully saturated rings. The molecule has 0 saturated carbocycles. The van der Waals surface area contributed by atoms with Gasteiger partial charge < -0.3 is 15.2 Å². The summed E-state index contributed by atoms with van der Waals surface area (Å²) in [6.45, 7) is 2.31. The fourth-order valence-corrected chi connectivity index (χ4v) is 2.96. The zero-order valence-corrected chi connectivity index (χ0v) is 15.5. The number of anilines is 2. The third-order valence-corrected chi connectivity index (χ3v) is 4.60. The third kappa shape index (κ3) is 5.21. The molecule has 0 atom stereocenters. The van der Waals surface area contributed by atoms with Gasteiger partial charge in [-0.3, -0.25) is 4.79 Å². The van der Waals surface area contributed by atoms with E-state index < -0.39 is 0 Å². The van der Waals surface area contributed by atoms with Crippen LogP contribution in [0.1, 0.15) is 11.3 Å². The van der Waals surface area contributed by atoms with Crippen molar-refractivity contribution in [2.45, 2.75) is 18.5 Å². The van der Waals surface area contributed by atoms with Gasteiger partial charge in [-0.2, -0.15) is 0 Å². The highest BCUT2D eigenvalue weighted by Gasteiger charge is 2.08. The van der Waals surface area contributed by atoms with Gasteiger partial charge >= 0.3 is 0 Å². The van der Waals surface area contributed by atoms with Crippen LogP contribution < -0.4 is 10.6 Å². The number of aryl methyl sites for hydroxylation is 1. The molecule has 2 aromatic heterocycles. The monoisotopic (exact) mass is 389 g/mol. The van der Waals surface area contributed by atoms with E-state index >= 15 is 0 Å². The quantitative estimate of drug-likeness (QED) is 0.469. The second-order valence-electron chi connectivity index (χ2n) is 5.35. The number of rotatable bonds is 7. The maximum atomic E-state index is 11.9. The molecule has 2 heterocycles. The highest BCUT2D eigenvalue weighted by Crippen LogP contribution is 2.20. The maximum Gasteiger partial charge on any atom is 0.236 e. The van der Waals surface area contributed by atoms with Crippen molar-refractivity contribution in [2.75, 3.05) is 16.4 Å². The van der Waals surface area contributed by atoms with Crippen molar-refractivity contribution in [1.29, 1.82) is 0 Å². The number of nitrogens with one attached hydrogen (secondary N) is 2. The first-order valence-corrected chi connectivity index (χ1v) is 9.12. The molecule has 1 amide bonds. The van der Waals surface area contributed by atoms with Gasteiger partial charge in [0.1, 0.15) is 22.9 Å². The Morgan fingerprint density at radius 1 is 1.23 bits per heavy atom. The Bertz CT molecular complexity index is 902. The minimum Gasteiger partial charge on any atom is -0.366 e. The van der Waals surface area contributed by atoms with E-state index in [1.165, 1.54) is 18.1 Å². The van der Waals surface area contributed by atoms with E-state index in [9.17, 15) is 4.79 Å². The molecule has 3 aromatic rings. The van der Waals surface area contributed by atoms with Gasteiger partial charge in [0.05, 0.1) is 5.75 Å². The summed E-state index contributed by atoms with van der Waals surface area (Å²) in [6, 6.07) is 11.0. The van der Waals surface area contributed by atoms with Crippen molar-refractivity contribution < 1.29 is 9.32 Å². The summed E-state index contributed by atoms with van der Waals surface area (Å²) in [4.78, 5) is 20.3. The summed E-state index contributed by atoms with van der Waals surface area (Å²) >= 11 is 7.45. The van der Waals surface area contributed by atoms with Crippen LogP contribution in [-0.2, 0) is 11.3 Å². The molecule has 0 unspecified atom stereocenters. The van der Waals surface area contributed by atoms with Crippen LogP contribution in [0.5, 0.6) is 0 Å². The zero-order chi connectivity index (χ0) is 18.4. The molecule has 134 valence electrons. The SMILES string of the molecule is Cc1cc(NC(=O)CSc2cc(NCc3ccccc3Cl)ncn2)no1. The topological polar surface area (TPSA) is 92.9 Å². The average molecular weight is 390 g/mol. The molecule has 0 spiro atoms. The number of hydrogen-bond donors (Lipinski definition) is 2. The zero-order valence-electron chi connectivity index (χ0n) is 13.9. The number of carbonyl (C=O) groups excluding carboxylic acids is 1. The van der Waals surface area contributed by atoms with E-state index in [-0.39, 0.29) is 11.7 Å². The van der Waals surface area contributed by atoms with Crippen LogP contribution in [-0.4, -0.2) is 26.8 Å². The first-order valence-electron chi connectivity index (χ1n) is 7.75. The lowest BCUT2D eigenvalue weighted by atomic mass is 10.2. The van der Waals surface area contributed by atoms with Crippen molar-refractivity contribution in [3.8, 4) is 0 Å². The third-order valence-electron chi connectivity index (χ3n) is 3.31. The number of amides is 1. The lowest BCUT2D eigenvalue weighted by Gasteiger charge is -2.08. The predicted octanol–water partition coefficient (Wildman–Crippen LogP) is 3.77. The lowest BCUT2D eigenvalue weighted by Crippen LogP contribution is -2.14. The van der Waals surface area contributed by atoms with E-state index in [0.29, 0.717) is 34.0 Å². The molecule has 2 N–H and O–H groups in total. The van der Waals surface area contributed by atoms with Crippen LogP contribution in [0, 0.1) is 6.92 Å². The van der Waals surface area contributed by atoms with Gasteiger partial charge in [-0.05, 0) is 18.6 Å². The van der Waals surface area contributed by atoms with Crippen LogP contribution in [0.25, 0.3) is 0 Å². The first-order chi connectivity index (χ1) is 12.6. The number of thioether (sulfide) groups is 1. The molecule has 0 aliphatic heterocycles. The molecule has 0 radical (unpaired) electrons. The summed E-state index contributed by atoms with van der Waals surface area (Å²) < 4.78 is 4.91. The largest absolute Gasteiger partial charge is 0.366 e. The number of aromatic nitrogens is 3. The average Bonchev–Trinajstić information content (AvgIpc) is 3.04. The van der Waals surface area contributed by atoms with Crippen molar-refractivity contribution in [2.24, 2.45) is 0 Å². The molecule has 26 heavy (non-hydrogen) atoms. The van der Waals surface area contributed by atoms with Crippen molar-refractivity contribution in [1.82, 2.24) is 15.1 Å². The number of carbonyl (C=O) groups is 1. The minimum absolute atomic E-state index is 0.188. The van der Waals surface area contributed by atoms with Gasteiger partial charge in [0.15, 0.2) is 5.82 Å². The second kappa shape index (κ2) is 8.68. The van der Waals surface area contributed by atoms with Crippen LogP contribution >= 0.6 is 23.4 Å². The fraction of sp³-hybridized carbons (Fsp3) is 0.176. The molecular formula is C17H16ClN5O2S. The molecule has 0 bridgehead atoms. The predicted molar refractivity (Wildman–Crippen MR) is 101 cm³/mol. The first kappa shape index (κ1) is 18.2.